The van der Waals surface area contributed by atoms with E-state index in [0.717, 1.165) is 27.3 Å². The normalized spacial score (nSPS) is 11.5. The number of halogens is 3. The maximum absolute atomic E-state index is 12.9. The number of amides is 1. The highest BCUT2D eigenvalue weighted by atomic mass is 32.1. The van der Waals surface area contributed by atoms with Crippen LogP contribution < -0.4 is 5.32 Å². The van der Waals surface area contributed by atoms with E-state index in [4.69, 9.17) is 0 Å². The lowest BCUT2D eigenvalue weighted by molar-refractivity contribution is -0.141. The highest BCUT2D eigenvalue weighted by Gasteiger charge is 2.38. The Morgan fingerprint density at radius 3 is 2.81 bits per heavy atom. The molecule has 0 saturated heterocycles. The smallest absolute Gasteiger partial charge is 0.352 e. The van der Waals surface area contributed by atoms with E-state index in [0.29, 0.717) is 6.42 Å². The quantitative estimate of drug-likeness (QED) is 0.738. The highest BCUT2D eigenvalue weighted by molar-refractivity contribution is 7.09. The van der Waals surface area contributed by atoms with Crippen LogP contribution in [0.1, 0.15) is 21.1 Å². The maximum atomic E-state index is 12.9. The van der Waals surface area contributed by atoms with Gasteiger partial charge in [0, 0.05) is 37.8 Å². The largest absolute Gasteiger partial charge is 0.435 e. The molecule has 3 aromatic rings. The minimum Gasteiger partial charge on any atom is -0.352 e. The number of aryl methyl sites for hydroxylation is 1. The van der Waals surface area contributed by atoms with Crippen molar-refractivity contribution in [1.29, 1.82) is 0 Å². The summed E-state index contributed by atoms with van der Waals surface area (Å²) < 4.78 is 39.7. The van der Waals surface area contributed by atoms with Crippen LogP contribution in [0, 0.1) is 0 Å². The SMILES string of the molecule is Cn1cc(C(=O)NCCc2nc(-c3ccccn3)cs2)c(C(F)(F)F)n1. The van der Waals surface area contributed by atoms with Gasteiger partial charge in [-0.05, 0) is 12.1 Å². The second-order valence-electron chi connectivity index (χ2n) is 5.41. The zero-order valence-corrected chi connectivity index (χ0v) is 14.4. The number of rotatable bonds is 5. The second-order valence-corrected chi connectivity index (χ2v) is 6.35. The summed E-state index contributed by atoms with van der Waals surface area (Å²) in [5, 5.41) is 8.41. The van der Waals surface area contributed by atoms with Gasteiger partial charge in [0.25, 0.3) is 5.91 Å². The fourth-order valence-corrected chi connectivity index (χ4v) is 3.09. The molecule has 0 spiro atoms. The molecule has 136 valence electrons. The molecular weight excluding hydrogens is 367 g/mol. The van der Waals surface area contributed by atoms with Crippen molar-refractivity contribution in [2.45, 2.75) is 12.6 Å². The van der Waals surface area contributed by atoms with E-state index in [1.807, 2.05) is 17.5 Å². The summed E-state index contributed by atoms with van der Waals surface area (Å²) in [5.41, 5.74) is -0.217. The highest BCUT2D eigenvalue weighted by Crippen LogP contribution is 2.30. The average molecular weight is 381 g/mol. The van der Waals surface area contributed by atoms with E-state index in [9.17, 15) is 18.0 Å². The fourth-order valence-electron chi connectivity index (χ4n) is 2.30. The molecule has 0 saturated carbocycles. The molecule has 3 aromatic heterocycles. The van der Waals surface area contributed by atoms with E-state index in [2.05, 4.69) is 20.4 Å². The van der Waals surface area contributed by atoms with Crippen LogP contribution in [-0.4, -0.2) is 32.2 Å². The van der Waals surface area contributed by atoms with E-state index >= 15 is 0 Å². The summed E-state index contributed by atoms with van der Waals surface area (Å²) >= 11 is 1.40. The van der Waals surface area contributed by atoms with Crippen molar-refractivity contribution in [3.63, 3.8) is 0 Å². The average Bonchev–Trinajstić information content (AvgIpc) is 3.22. The monoisotopic (exact) mass is 381 g/mol. The van der Waals surface area contributed by atoms with Crippen molar-refractivity contribution in [3.8, 4) is 11.4 Å². The Kier molecular flexibility index (Phi) is 5.03. The number of thiazole rings is 1. The Balaban J connectivity index is 1.61. The number of hydrogen-bond donors (Lipinski definition) is 1. The molecule has 0 fully saturated rings. The summed E-state index contributed by atoms with van der Waals surface area (Å²) in [6.45, 7) is 0.167. The van der Waals surface area contributed by atoms with Crippen LogP contribution in [0.3, 0.4) is 0 Å². The van der Waals surface area contributed by atoms with E-state index in [-0.39, 0.29) is 6.54 Å². The first kappa shape index (κ1) is 18.1. The Morgan fingerprint density at radius 2 is 2.12 bits per heavy atom. The minimum atomic E-state index is -4.68. The van der Waals surface area contributed by atoms with Gasteiger partial charge >= 0.3 is 6.18 Å². The standard InChI is InChI=1S/C16H14F3N5OS/c1-24-8-10(14(23-24)16(17,18)19)15(25)21-7-5-13-22-12(9-26-13)11-4-2-3-6-20-11/h2-4,6,8-9H,5,7H2,1H3,(H,21,25). The molecule has 0 aliphatic heterocycles. The first-order valence-electron chi connectivity index (χ1n) is 7.59. The lowest BCUT2D eigenvalue weighted by Gasteiger charge is -2.06. The molecule has 0 aromatic carbocycles. The van der Waals surface area contributed by atoms with Crippen LogP contribution in [0.4, 0.5) is 13.2 Å². The van der Waals surface area contributed by atoms with Crippen LogP contribution in [-0.2, 0) is 19.6 Å². The van der Waals surface area contributed by atoms with Gasteiger partial charge in [0.05, 0.1) is 22.0 Å². The molecule has 26 heavy (non-hydrogen) atoms. The molecule has 3 rings (SSSR count). The molecule has 0 atom stereocenters. The van der Waals surface area contributed by atoms with E-state index in [1.54, 1.807) is 12.3 Å². The zero-order valence-electron chi connectivity index (χ0n) is 13.6. The van der Waals surface area contributed by atoms with Gasteiger partial charge in [-0.2, -0.15) is 18.3 Å². The van der Waals surface area contributed by atoms with Gasteiger partial charge in [-0.25, -0.2) is 4.98 Å². The second kappa shape index (κ2) is 7.24. The summed E-state index contributed by atoms with van der Waals surface area (Å²) in [7, 11) is 1.33. The molecule has 0 unspecified atom stereocenters. The Hall–Kier alpha value is -2.75. The summed E-state index contributed by atoms with van der Waals surface area (Å²) in [6, 6.07) is 5.50. The van der Waals surface area contributed by atoms with Crippen LogP contribution >= 0.6 is 11.3 Å². The maximum Gasteiger partial charge on any atom is 0.435 e. The predicted octanol–water partition coefficient (Wildman–Crippen LogP) is 2.93. The van der Waals surface area contributed by atoms with Crippen molar-refractivity contribution in [2.75, 3.05) is 6.54 Å². The van der Waals surface area contributed by atoms with Crippen molar-refractivity contribution in [3.05, 3.63) is 52.2 Å². The molecular formula is C16H14F3N5OS. The molecule has 3 heterocycles. The number of nitrogens with one attached hydrogen (secondary N) is 1. The zero-order chi connectivity index (χ0) is 18.7. The van der Waals surface area contributed by atoms with Gasteiger partial charge in [-0.1, -0.05) is 6.07 Å². The van der Waals surface area contributed by atoms with Crippen LogP contribution in [0.25, 0.3) is 11.4 Å². The van der Waals surface area contributed by atoms with Crippen LogP contribution in [0.5, 0.6) is 0 Å². The molecule has 10 heteroatoms. The number of carbonyl (C=O) groups is 1. The molecule has 0 radical (unpaired) electrons. The van der Waals surface area contributed by atoms with Gasteiger partial charge < -0.3 is 5.32 Å². The van der Waals surface area contributed by atoms with E-state index < -0.39 is 23.3 Å². The Morgan fingerprint density at radius 1 is 1.31 bits per heavy atom. The minimum absolute atomic E-state index is 0.167. The summed E-state index contributed by atoms with van der Waals surface area (Å²) in [4.78, 5) is 20.7. The van der Waals surface area contributed by atoms with Gasteiger partial charge in [0.1, 0.15) is 0 Å². The number of hydrogen-bond acceptors (Lipinski definition) is 5. The predicted molar refractivity (Wildman–Crippen MR) is 89.6 cm³/mol. The third-order valence-electron chi connectivity index (χ3n) is 3.45. The molecule has 1 N–H and O–H groups in total. The van der Waals surface area contributed by atoms with Gasteiger partial charge in [0.15, 0.2) is 5.69 Å². The van der Waals surface area contributed by atoms with Crippen molar-refractivity contribution in [2.24, 2.45) is 7.05 Å². The number of aromatic nitrogens is 4. The Bertz CT molecular complexity index is 904. The van der Waals surface area contributed by atoms with Crippen molar-refractivity contribution < 1.29 is 18.0 Å². The molecule has 1 amide bonds. The van der Waals surface area contributed by atoms with Crippen LogP contribution in [0.2, 0.25) is 0 Å². The molecule has 0 aliphatic rings. The van der Waals surface area contributed by atoms with Crippen molar-refractivity contribution >= 4 is 17.2 Å². The third kappa shape index (κ3) is 4.07. The van der Waals surface area contributed by atoms with Crippen LogP contribution in [0.15, 0.2) is 36.0 Å². The third-order valence-corrected chi connectivity index (χ3v) is 4.35. The van der Waals surface area contributed by atoms with Gasteiger partial charge in [0.2, 0.25) is 0 Å². The number of pyridine rings is 1. The summed E-state index contributed by atoms with van der Waals surface area (Å²) in [5.74, 6) is -0.813. The number of nitrogens with zero attached hydrogens (tertiary/aromatic N) is 4. The van der Waals surface area contributed by atoms with E-state index in [1.165, 1.54) is 18.4 Å². The Labute approximate surface area is 150 Å². The summed E-state index contributed by atoms with van der Waals surface area (Å²) in [6.07, 6.45) is -1.55. The topological polar surface area (TPSA) is 72.7 Å². The lowest BCUT2D eigenvalue weighted by atomic mass is 10.2. The number of carbonyl (C=O) groups excluding carboxylic acids is 1. The molecule has 0 bridgehead atoms. The number of alkyl halides is 3. The lowest BCUT2D eigenvalue weighted by Crippen LogP contribution is -2.27. The molecule has 0 aliphatic carbocycles. The first-order chi connectivity index (χ1) is 12.3. The van der Waals surface area contributed by atoms with Crippen molar-refractivity contribution in [1.82, 2.24) is 25.1 Å². The molecule has 6 nitrogen and oxygen atoms in total. The first-order valence-corrected chi connectivity index (χ1v) is 8.47. The van der Waals surface area contributed by atoms with Gasteiger partial charge in [-0.3, -0.25) is 14.5 Å². The van der Waals surface area contributed by atoms with Gasteiger partial charge in [-0.15, -0.1) is 11.3 Å². The fraction of sp³-hybridized carbons (Fsp3) is 0.250.